The third-order valence-electron chi connectivity index (χ3n) is 4.57. The van der Waals surface area contributed by atoms with Crippen LogP contribution in [0.15, 0.2) is 77.2 Å². The molecule has 0 aliphatic rings. The van der Waals surface area contributed by atoms with Gasteiger partial charge in [-0.3, -0.25) is 0 Å². The Morgan fingerprint density at radius 3 is 2.45 bits per heavy atom. The number of nitrogens with zero attached hydrogens (tertiary/aromatic N) is 2. The molecule has 0 amide bonds. The van der Waals surface area contributed by atoms with Crippen molar-refractivity contribution in [2.24, 2.45) is 0 Å². The summed E-state index contributed by atoms with van der Waals surface area (Å²) >= 11 is 0. The van der Waals surface area contributed by atoms with Gasteiger partial charge in [-0.05, 0) is 54.4 Å². The summed E-state index contributed by atoms with van der Waals surface area (Å²) in [5, 5.41) is 11.9. The molecular weight excluding hydrogens is 369 g/mol. The van der Waals surface area contributed by atoms with Crippen LogP contribution in [0, 0.1) is 12.7 Å². The molecule has 1 N–H and O–H groups in total. The fraction of sp³-hybridized carbons (Fsp3) is 0.130. The highest BCUT2D eigenvalue weighted by Gasteiger charge is 2.23. The molecule has 4 rings (SSSR count). The molecule has 4 aromatic rings. The summed E-state index contributed by atoms with van der Waals surface area (Å²) in [6, 6.07) is 21.1. The highest BCUT2D eigenvalue weighted by atomic mass is 19.1. The zero-order valence-corrected chi connectivity index (χ0v) is 16.1. The van der Waals surface area contributed by atoms with Gasteiger partial charge in [0.15, 0.2) is 0 Å². The Bertz CT molecular complexity index is 1090. The van der Waals surface area contributed by atoms with E-state index in [1.807, 2.05) is 55.5 Å². The van der Waals surface area contributed by atoms with Crippen molar-refractivity contribution in [3.05, 3.63) is 95.6 Å². The number of nitrogens with one attached hydrogen (secondary N) is 1. The largest absolute Gasteiger partial charge is 0.495 e. The number of hydrogen-bond acceptors (Lipinski definition) is 5. The summed E-state index contributed by atoms with van der Waals surface area (Å²) in [6.45, 7) is 2.00. The Morgan fingerprint density at radius 2 is 1.72 bits per heavy atom. The first-order valence-corrected chi connectivity index (χ1v) is 9.19. The average molecular weight is 389 g/mol. The average Bonchev–Trinajstić information content (AvgIpc) is 3.23. The van der Waals surface area contributed by atoms with Gasteiger partial charge in [-0.2, -0.15) is 0 Å². The van der Waals surface area contributed by atoms with Crippen LogP contribution in [0.4, 0.5) is 10.1 Å². The van der Waals surface area contributed by atoms with Crippen molar-refractivity contribution in [1.82, 2.24) is 10.2 Å². The molecule has 5 nitrogen and oxygen atoms in total. The molecule has 3 aromatic carbocycles. The molecule has 1 atom stereocenters. The van der Waals surface area contributed by atoms with Gasteiger partial charge in [0.05, 0.1) is 12.8 Å². The quantitative estimate of drug-likeness (QED) is 0.479. The molecule has 146 valence electrons. The van der Waals surface area contributed by atoms with E-state index in [0.717, 1.165) is 22.4 Å². The second kappa shape index (κ2) is 8.14. The first-order valence-electron chi connectivity index (χ1n) is 9.19. The molecule has 6 heteroatoms. The molecule has 1 aromatic heterocycles. The van der Waals surface area contributed by atoms with Crippen molar-refractivity contribution in [3.63, 3.8) is 0 Å². The molecule has 0 saturated carbocycles. The highest BCUT2D eigenvalue weighted by Crippen LogP contribution is 2.33. The Hall–Kier alpha value is -3.67. The van der Waals surface area contributed by atoms with Crippen molar-refractivity contribution in [1.29, 1.82) is 0 Å². The third-order valence-corrected chi connectivity index (χ3v) is 4.57. The fourth-order valence-corrected chi connectivity index (χ4v) is 3.08. The smallest absolute Gasteiger partial charge is 0.247 e. The highest BCUT2D eigenvalue weighted by molar-refractivity contribution is 5.60. The molecule has 29 heavy (non-hydrogen) atoms. The molecule has 0 unspecified atom stereocenters. The first-order chi connectivity index (χ1) is 14.1. The zero-order valence-electron chi connectivity index (χ0n) is 16.1. The lowest BCUT2D eigenvalue weighted by molar-refractivity contribution is 0.415. The van der Waals surface area contributed by atoms with Gasteiger partial charge in [-0.25, -0.2) is 4.39 Å². The summed E-state index contributed by atoms with van der Waals surface area (Å²) in [4.78, 5) is 0. The fourth-order valence-electron chi connectivity index (χ4n) is 3.08. The van der Waals surface area contributed by atoms with E-state index in [-0.39, 0.29) is 5.82 Å². The monoisotopic (exact) mass is 389 g/mol. The summed E-state index contributed by atoms with van der Waals surface area (Å²) < 4.78 is 24.9. The van der Waals surface area contributed by atoms with Crippen molar-refractivity contribution in [2.75, 3.05) is 12.4 Å². The number of ether oxygens (including phenoxy) is 1. The van der Waals surface area contributed by atoms with E-state index in [1.165, 1.54) is 12.1 Å². The number of anilines is 1. The second-order valence-corrected chi connectivity index (χ2v) is 6.64. The van der Waals surface area contributed by atoms with Crippen LogP contribution in [0.2, 0.25) is 0 Å². The van der Waals surface area contributed by atoms with Crippen LogP contribution in [0.1, 0.15) is 23.1 Å². The second-order valence-electron chi connectivity index (χ2n) is 6.64. The van der Waals surface area contributed by atoms with Gasteiger partial charge in [0.1, 0.15) is 17.6 Å². The standard InChI is InChI=1S/C23H20FN3O2/c1-15-8-13-20(28-2)19(14-15)25-21(16-9-11-18(24)12-10-16)23-27-26-22(29-23)17-6-4-3-5-7-17/h3-14,21,25H,1-2H3/t21-/m1/s1. The minimum atomic E-state index is -0.476. The van der Waals surface area contributed by atoms with Crippen LogP contribution < -0.4 is 10.1 Å². The van der Waals surface area contributed by atoms with Crippen LogP contribution in [0.3, 0.4) is 0 Å². The van der Waals surface area contributed by atoms with Crippen molar-refractivity contribution in [2.45, 2.75) is 13.0 Å². The lowest BCUT2D eigenvalue weighted by Crippen LogP contribution is -2.14. The minimum Gasteiger partial charge on any atom is -0.495 e. The lowest BCUT2D eigenvalue weighted by Gasteiger charge is -2.19. The Morgan fingerprint density at radius 1 is 0.966 bits per heavy atom. The van der Waals surface area contributed by atoms with Crippen molar-refractivity contribution < 1.29 is 13.5 Å². The van der Waals surface area contributed by atoms with Crippen LogP contribution in [-0.2, 0) is 0 Å². The van der Waals surface area contributed by atoms with Crippen LogP contribution in [0.5, 0.6) is 5.75 Å². The topological polar surface area (TPSA) is 60.2 Å². The number of hydrogen-bond donors (Lipinski definition) is 1. The number of halogens is 1. The van der Waals surface area contributed by atoms with Gasteiger partial charge in [0.2, 0.25) is 11.8 Å². The van der Waals surface area contributed by atoms with Crippen molar-refractivity contribution >= 4 is 5.69 Å². The number of benzene rings is 3. The minimum absolute atomic E-state index is 0.309. The lowest BCUT2D eigenvalue weighted by atomic mass is 10.1. The maximum absolute atomic E-state index is 13.5. The molecule has 0 fully saturated rings. The summed E-state index contributed by atoms with van der Waals surface area (Å²) in [7, 11) is 1.61. The molecule has 0 aliphatic heterocycles. The zero-order chi connectivity index (χ0) is 20.2. The van der Waals surface area contributed by atoms with Crippen LogP contribution in [-0.4, -0.2) is 17.3 Å². The van der Waals surface area contributed by atoms with E-state index in [0.29, 0.717) is 17.5 Å². The normalized spacial score (nSPS) is 11.8. The van der Waals surface area contributed by atoms with Crippen LogP contribution in [0.25, 0.3) is 11.5 Å². The Kier molecular flexibility index (Phi) is 5.24. The molecule has 0 spiro atoms. The summed E-state index contributed by atoms with van der Waals surface area (Å²) in [5.41, 5.74) is 3.47. The van der Waals surface area contributed by atoms with Gasteiger partial charge in [0, 0.05) is 5.56 Å². The van der Waals surface area contributed by atoms with Gasteiger partial charge in [-0.15, -0.1) is 10.2 Å². The predicted octanol–water partition coefficient (Wildman–Crippen LogP) is 5.39. The maximum atomic E-state index is 13.5. The molecule has 0 radical (unpaired) electrons. The van der Waals surface area contributed by atoms with E-state index in [4.69, 9.17) is 9.15 Å². The first kappa shape index (κ1) is 18.7. The van der Waals surface area contributed by atoms with E-state index in [9.17, 15) is 4.39 Å². The number of methoxy groups -OCH3 is 1. The van der Waals surface area contributed by atoms with E-state index < -0.39 is 6.04 Å². The van der Waals surface area contributed by atoms with Gasteiger partial charge >= 0.3 is 0 Å². The Labute approximate surface area is 168 Å². The number of aromatic nitrogens is 2. The molecule has 1 heterocycles. The summed E-state index contributed by atoms with van der Waals surface area (Å²) in [6.07, 6.45) is 0. The van der Waals surface area contributed by atoms with Gasteiger partial charge in [0.25, 0.3) is 0 Å². The molecule has 0 bridgehead atoms. The van der Waals surface area contributed by atoms with E-state index in [2.05, 4.69) is 15.5 Å². The third kappa shape index (κ3) is 4.11. The van der Waals surface area contributed by atoms with E-state index >= 15 is 0 Å². The van der Waals surface area contributed by atoms with Crippen LogP contribution >= 0.6 is 0 Å². The van der Waals surface area contributed by atoms with Gasteiger partial charge < -0.3 is 14.5 Å². The SMILES string of the molecule is COc1ccc(C)cc1N[C@H](c1ccc(F)cc1)c1nnc(-c2ccccc2)o1. The number of aryl methyl sites for hydroxylation is 1. The molecule has 0 saturated heterocycles. The molecule has 0 aliphatic carbocycles. The summed E-state index contributed by atoms with van der Waals surface area (Å²) in [5.74, 6) is 1.17. The number of rotatable bonds is 6. The Balaban J connectivity index is 1.75. The predicted molar refractivity (Wildman–Crippen MR) is 109 cm³/mol. The maximum Gasteiger partial charge on any atom is 0.247 e. The molecular formula is C23H20FN3O2. The van der Waals surface area contributed by atoms with E-state index in [1.54, 1.807) is 19.2 Å². The van der Waals surface area contributed by atoms with Crippen molar-refractivity contribution in [3.8, 4) is 17.2 Å². The van der Waals surface area contributed by atoms with Gasteiger partial charge in [-0.1, -0.05) is 36.4 Å².